The summed E-state index contributed by atoms with van der Waals surface area (Å²) in [4.78, 5) is 2.32. The summed E-state index contributed by atoms with van der Waals surface area (Å²) >= 11 is 0. The van der Waals surface area contributed by atoms with Gasteiger partial charge in [-0.15, -0.1) is 0 Å². The molecule has 1 saturated heterocycles. The number of benzene rings is 1. The highest BCUT2D eigenvalue weighted by molar-refractivity contribution is 5.54. The minimum Gasteiger partial charge on any atom is -0.391 e. The number of hydrogen-bond acceptors (Lipinski definition) is 4. The molecule has 0 amide bonds. The lowest BCUT2D eigenvalue weighted by atomic mass is 9.97. The predicted molar refractivity (Wildman–Crippen MR) is 78.2 cm³/mol. The minimum absolute atomic E-state index is 0.173. The zero-order valence-corrected chi connectivity index (χ0v) is 11.7. The molecule has 1 N–H and O–H groups in total. The maximum Gasteiger partial charge on any atom is 0.0992 e. The second-order valence-electron chi connectivity index (χ2n) is 6.30. The first kappa shape index (κ1) is 12.3. The fourth-order valence-electron chi connectivity index (χ4n) is 3.88. The molecule has 0 bridgehead atoms. The summed E-state index contributed by atoms with van der Waals surface area (Å²) in [5.41, 5.74) is 4.08. The van der Waals surface area contributed by atoms with E-state index < -0.39 is 0 Å². The molecule has 0 radical (unpaired) electrons. The van der Waals surface area contributed by atoms with Crippen molar-refractivity contribution in [3.8, 4) is 0 Å². The molecule has 1 aromatic carbocycles. The molecular weight excluding hydrogens is 250 g/mol. The number of aliphatic hydroxyl groups excluding tert-OH is 1. The summed E-state index contributed by atoms with van der Waals surface area (Å²) in [5.74, 6) is 0.657. The zero-order chi connectivity index (χ0) is 13.5. The molecule has 0 aromatic heterocycles. The SMILES string of the molecule is OC1CCCN(c2ccc3c(c2)CC2CCN=NC32)C1. The number of β-amino-alcohol motifs (C(OH)–C–C–N with tert-alkyl or cyclic N) is 1. The molecule has 2 heterocycles. The zero-order valence-electron chi connectivity index (χ0n) is 11.7. The quantitative estimate of drug-likeness (QED) is 0.853. The summed E-state index contributed by atoms with van der Waals surface area (Å²) in [6, 6.07) is 7.06. The van der Waals surface area contributed by atoms with Gasteiger partial charge < -0.3 is 10.0 Å². The first-order valence-electron chi connectivity index (χ1n) is 7.74. The van der Waals surface area contributed by atoms with E-state index in [2.05, 4.69) is 33.3 Å². The van der Waals surface area contributed by atoms with E-state index in [0.717, 1.165) is 38.9 Å². The van der Waals surface area contributed by atoms with Crippen molar-refractivity contribution in [3.05, 3.63) is 29.3 Å². The normalized spacial score (nSPS) is 32.0. The molecule has 1 fully saturated rings. The average Bonchev–Trinajstić information content (AvgIpc) is 2.85. The lowest BCUT2D eigenvalue weighted by Crippen LogP contribution is -2.38. The van der Waals surface area contributed by atoms with Crippen molar-refractivity contribution in [1.29, 1.82) is 0 Å². The first-order valence-corrected chi connectivity index (χ1v) is 7.74. The molecule has 3 aliphatic rings. The Morgan fingerprint density at radius 1 is 1.25 bits per heavy atom. The van der Waals surface area contributed by atoms with E-state index in [1.54, 1.807) is 0 Å². The summed E-state index contributed by atoms with van der Waals surface area (Å²) in [6.07, 6.45) is 4.15. The number of azo groups is 1. The van der Waals surface area contributed by atoms with Gasteiger partial charge in [0.05, 0.1) is 18.7 Å². The van der Waals surface area contributed by atoms with Gasteiger partial charge in [-0.2, -0.15) is 10.2 Å². The smallest absolute Gasteiger partial charge is 0.0992 e. The highest BCUT2D eigenvalue weighted by atomic mass is 16.3. The molecule has 1 aromatic rings. The van der Waals surface area contributed by atoms with Crippen LogP contribution in [0, 0.1) is 5.92 Å². The van der Waals surface area contributed by atoms with E-state index in [4.69, 9.17) is 0 Å². The molecule has 4 nitrogen and oxygen atoms in total. The molecule has 4 heteroatoms. The van der Waals surface area contributed by atoms with Gasteiger partial charge >= 0.3 is 0 Å². The van der Waals surface area contributed by atoms with E-state index in [9.17, 15) is 5.11 Å². The van der Waals surface area contributed by atoms with Crippen molar-refractivity contribution >= 4 is 5.69 Å². The number of piperidine rings is 1. The molecule has 2 aliphatic heterocycles. The van der Waals surface area contributed by atoms with Gasteiger partial charge in [0, 0.05) is 18.8 Å². The van der Waals surface area contributed by atoms with Crippen molar-refractivity contribution in [1.82, 2.24) is 0 Å². The highest BCUT2D eigenvalue weighted by Crippen LogP contribution is 2.44. The fourth-order valence-corrected chi connectivity index (χ4v) is 3.88. The van der Waals surface area contributed by atoms with Gasteiger partial charge in [-0.1, -0.05) is 6.07 Å². The van der Waals surface area contributed by atoms with Gasteiger partial charge in [0.2, 0.25) is 0 Å². The highest BCUT2D eigenvalue weighted by Gasteiger charge is 2.34. The van der Waals surface area contributed by atoms with Gasteiger partial charge in [0.25, 0.3) is 0 Å². The number of nitrogens with zero attached hydrogens (tertiary/aromatic N) is 3. The number of fused-ring (bicyclic) bond motifs is 3. The topological polar surface area (TPSA) is 48.2 Å². The third-order valence-corrected chi connectivity index (χ3v) is 4.94. The van der Waals surface area contributed by atoms with Crippen LogP contribution in [-0.4, -0.2) is 30.8 Å². The van der Waals surface area contributed by atoms with Crippen LogP contribution < -0.4 is 4.90 Å². The third-order valence-electron chi connectivity index (χ3n) is 4.94. The van der Waals surface area contributed by atoms with Crippen molar-refractivity contribution in [2.75, 3.05) is 24.5 Å². The Morgan fingerprint density at radius 3 is 3.10 bits per heavy atom. The Bertz CT molecular complexity index is 543. The minimum atomic E-state index is -0.173. The largest absolute Gasteiger partial charge is 0.391 e. The van der Waals surface area contributed by atoms with Crippen LogP contribution in [0.5, 0.6) is 0 Å². The van der Waals surface area contributed by atoms with Crippen LogP contribution in [0.2, 0.25) is 0 Å². The van der Waals surface area contributed by atoms with Crippen LogP contribution >= 0.6 is 0 Å². The van der Waals surface area contributed by atoms with Gasteiger partial charge in [-0.25, -0.2) is 0 Å². The monoisotopic (exact) mass is 271 g/mol. The second-order valence-corrected chi connectivity index (χ2v) is 6.30. The Labute approximate surface area is 119 Å². The van der Waals surface area contributed by atoms with E-state index in [1.165, 1.54) is 23.2 Å². The number of hydrogen-bond donors (Lipinski definition) is 1. The summed E-state index contributed by atoms with van der Waals surface area (Å²) < 4.78 is 0. The summed E-state index contributed by atoms with van der Waals surface area (Å²) in [7, 11) is 0. The van der Waals surface area contributed by atoms with Crippen LogP contribution in [0.15, 0.2) is 28.4 Å². The molecule has 20 heavy (non-hydrogen) atoms. The van der Waals surface area contributed by atoms with Gasteiger partial charge in [0.15, 0.2) is 0 Å². The maximum atomic E-state index is 9.83. The molecule has 3 unspecified atom stereocenters. The van der Waals surface area contributed by atoms with E-state index in [0.29, 0.717) is 12.0 Å². The molecule has 1 aliphatic carbocycles. The second kappa shape index (κ2) is 4.85. The lowest BCUT2D eigenvalue weighted by Gasteiger charge is -2.32. The average molecular weight is 271 g/mol. The first-order chi connectivity index (χ1) is 9.81. The Kier molecular flexibility index (Phi) is 2.99. The van der Waals surface area contributed by atoms with Crippen molar-refractivity contribution in [2.45, 2.75) is 37.8 Å². The van der Waals surface area contributed by atoms with Crippen LogP contribution in [0.3, 0.4) is 0 Å². The lowest BCUT2D eigenvalue weighted by molar-refractivity contribution is 0.154. The summed E-state index contributed by atoms with van der Waals surface area (Å²) in [5, 5.41) is 18.5. The van der Waals surface area contributed by atoms with Crippen LogP contribution in [0.4, 0.5) is 5.69 Å². The van der Waals surface area contributed by atoms with E-state index >= 15 is 0 Å². The van der Waals surface area contributed by atoms with Crippen LogP contribution in [0.1, 0.15) is 36.4 Å². The van der Waals surface area contributed by atoms with Crippen molar-refractivity contribution < 1.29 is 5.11 Å². The third kappa shape index (κ3) is 2.03. The molecule has 4 rings (SSSR count). The predicted octanol–water partition coefficient (Wildman–Crippen LogP) is 2.72. The number of anilines is 1. The van der Waals surface area contributed by atoms with E-state index in [-0.39, 0.29) is 6.10 Å². The molecule has 3 atom stereocenters. The maximum absolute atomic E-state index is 9.83. The van der Waals surface area contributed by atoms with Gasteiger partial charge in [0.1, 0.15) is 0 Å². The fraction of sp³-hybridized carbons (Fsp3) is 0.625. The Morgan fingerprint density at radius 2 is 2.20 bits per heavy atom. The van der Waals surface area contributed by atoms with Crippen molar-refractivity contribution in [3.63, 3.8) is 0 Å². The molecule has 0 saturated carbocycles. The molecular formula is C16H21N3O. The van der Waals surface area contributed by atoms with Gasteiger partial charge in [-0.05, 0) is 54.9 Å². The number of rotatable bonds is 1. The Hall–Kier alpha value is -1.42. The van der Waals surface area contributed by atoms with Crippen LogP contribution in [-0.2, 0) is 6.42 Å². The molecule has 106 valence electrons. The van der Waals surface area contributed by atoms with Crippen LogP contribution in [0.25, 0.3) is 0 Å². The Balaban J connectivity index is 1.61. The van der Waals surface area contributed by atoms with Crippen molar-refractivity contribution in [2.24, 2.45) is 16.1 Å². The molecule has 0 spiro atoms. The van der Waals surface area contributed by atoms with E-state index in [1.807, 2.05) is 0 Å². The standard InChI is InChI=1S/C16H21N3O/c20-14-2-1-7-19(10-14)13-3-4-15-12(9-13)8-11-5-6-17-18-16(11)15/h3-4,9,11,14,16,20H,1-2,5-8,10H2. The summed E-state index contributed by atoms with van der Waals surface area (Å²) in [6.45, 7) is 2.72. The van der Waals surface area contributed by atoms with Gasteiger partial charge in [-0.3, -0.25) is 0 Å². The number of aliphatic hydroxyl groups is 1.